The van der Waals surface area contributed by atoms with Gasteiger partial charge in [-0.15, -0.1) is 0 Å². The third kappa shape index (κ3) is 4.52. The van der Waals surface area contributed by atoms with Gasteiger partial charge in [0, 0.05) is 12.7 Å². The highest BCUT2D eigenvalue weighted by atomic mass is 15.3. The van der Waals surface area contributed by atoms with Crippen LogP contribution in [0.25, 0.3) is 0 Å². The normalized spacial score (nSPS) is 11.2. The minimum Gasteiger partial charge on any atom is -0.312 e. The number of rotatable bonds is 6. The van der Waals surface area contributed by atoms with Crippen LogP contribution >= 0.6 is 0 Å². The zero-order chi connectivity index (χ0) is 13.7. The first-order valence-electron chi connectivity index (χ1n) is 6.91. The lowest BCUT2D eigenvalue weighted by Crippen LogP contribution is -2.18. The Morgan fingerprint density at radius 1 is 1.16 bits per heavy atom. The van der Waals surface area contributed by atoms with Crippen molar-refractivity contribution in [2.45, 2.75) is 33.9 Å². The molecule has 0 aliphatic heterocycles. The fourth-order valence-electron chi connectivity index (χ4n) is 2.01. The quantitative estimate of drug-likeness (QED) is 0.862. The number of aryl methyl sites for hydroxylation is 1. The summed E-state index contributed by atoms with van der Waals surface area (Å²) in [6.07, 6.45) is 3.96. The van der Waals surface area contributed by atoms with Gasteiger partial charge in [-0.05, 0) is 36.1 Å². The molecule has 19 heavy (non-hydrogen) atoms. The van der Waals surface area contributed by atoms with Crippen molar-refractivity contribution in [1.29, 1.82) is 0 Å². The number of nitrogens with one attached hydrogen (secondary N) is 1. The van der Waals surface area contributed by atoms with Crippen LogP contribution in [0.3, 0.4) is 0 Å². The Labute approximate surface area is 115 Å². The fourth-order valence-corrected chi connectivity index (χ4v) is 2.01. The van der Waals surface area contributed by atoms with Gasteiger partial charge in [-0.25, -0.2) is 0 Å². The van der Waals surface area contributed by atoms with E-state index in [0.29, 0.717) is 5.92 Å². The molecule has 0 saturated heterocycles. The number of nitrogens with zero attached hydrogens (tertiary/aromatic N) is 2. The smallest absolute Gasteiger partial charge is 0.0659 e. The number of hydrogen-bond donors (Lipinski definition) is 1. The van der Waals surface area contributed by atoms with Crippen molar-refractivity contribution in [1.82, 2.24) is 15.1 Å². The van der Waals surface area contributed by atoms with Gasteiger partial charge in [0.1, 0.15) is 0 Å². The van der Waals surface area contributed by atoms with E-state index in [1.165, 1.54) is 16.7 Å². The molecule has 0 aliphatic rings. The molecule has 102 valence electrons. The first-order valence-corrected chi connectivity index (χ1v) is 6.91. The summed E-state index contributed by atoms with van der Waals surface area (Å²) in [6.45, 7) is 9.36. The molecule has 0 amide bonds. The van der Waals surface area contributed by atoms with Crippen molar-refractivity contribution in [3.8, 4) is 0 Å². The Morgan fingerprint density at radius 2 is 1.84 bits per heavy atom. The zero-order valence-electron chi connectivity index (χ0n) is 12.1. The Balaban J connectivity index is 1.87. The average Bonchev–Trinajstić information content (AvgIpc) is 2.77. The predicted octanol–water partition coefficient (Wildman–Crippen LogP) is 2.99. The number of hydrogen-bond acceptors (Lipinski definition) is 2. The first kappa shape index (κ1) is 13.8. The van der Waals surface area contributed by atoms with Crippen LogP contribution in [0.4, 0.5) is 0 Å². The topological polar surface area (TPSA) is 29.9 Å². The van der Waals surface area contributed by atoms with Crippen LogP contribution in [-0.2, 0) is 13.1 Å². The van der Waals surface area contributed by atoms with E-state index in [9.17, 15) is 0 Å². The SMILES string of the molecule is Cc1cnn(Cc2ccc(CNCC(C)C)cc2)c1. The van der Waals surface area contributed by atoms with Crippen LogP contribution in [0.2, 0.25) is 0 Å². The molecule has 0 radical (unpaired) electrons. The Hall–Kier alpha value is -1.61. The molecular formula is C16H23N3. The van der Waals surface area contributed by atoms with E-state index in [2.05, 4.69) is 61.6 Å². The lowest BCUT2D eigenvalue weighted by Gasteiger charge is -2.08. The molecule has 0 fully saturated rings. The van der Waals surface area contributed by atoms with Crippen LogP contribution in [0.5, 0.6) is 0 Å². The number of benzene rings is 1. The molecule has 0 saturated carbocycles. The second-order valence-corrected chi connectivity index (χ2v) is 5.56. The fraction of sp³-hybridized carbons (Fsp3) is 0.438. The Morgan fingerprint density at radius 3 is 2.42 bits per heavy atom. The minimum atomic E-state index is 0.697. The van der Waals surface area contributed by atoms with Gasteiger partial charge in [0.05, 0.1) is 12.7 Å². The van der Waals surface area contributed by atoms with Crippen molar-refractivity contribution in [3.05, 3.63) is 53.3 Å². The molecule has 1 aromatic carbocycles. The van der Waals surface area contributed by atoms with Gasteiger partial charge in [-0.3, -0.25) is 4.68 Å². The molecule has 0 atom stereocenters. The maximum absolute atomic E-state index is 4.31. The Bertz CT molecular complexity index is 497. The highest BCUT2D eigenvalue weighted by molar-refractivity contribution is 5.22. The van der Waals surface area contributed by atoms with Crippen molar-refractivity contribution in [2.75, 3.05) is 6.54 Å². The maximum Gasteiger partial charge on any atom is 0.0659 e. The van der Waals surface area contributed by atoms with Crippen LogP contribution in [0, 0.1) is 12.8 Å². The third-order valence-electron chi connectivity index (χ3n) is 3.01. The molecule has 2 aromatic rings. The van der Waals surface area contributed by atoms with Gasteiger partial charge in [-0.2, -0.15) is 5.10 Å². The molecule has 3 heteroatoms. The molecule has 0 bridgehead atoms. The summed E-state index contributed by atoms with van der Waals surface area (Å²) in [7, 11) is 0. The molecule has 2 rings (SSSR count). The standard InChI is InChI=1S/C16H23N3/c1-13(2)8-17-10-15-4-6-16(7-5-15)12-19-11-14(3)9-18-19/h4-7,9,11,13,17H,8,10,12H2,1-3H3. The van der Waals surface area contributed by atoms with E-state index in [1.54, 1.807) is 0 Å². The van der Waals surface area contributed by atoms with Crippen molar-refractivity contribution in [2.24, 2.45) is 5.92 Å². The summed E-state index contributed by atoms with van der Waals surface area (Å²) in [5.41, 5.74) is 3.83. The highest BCUT2D eigenvalue weighted by Crippen LogP contribution is 2.07. The Kier molecular flexibility index (Phi) is 4.74. The van der Waals surface area contributed by atoms with Gasteiger partial charge in [-0.1, -0.05) is 38.1 Å². The molecular weight excluding hydrogens is 234 g/mol. The van der Waals surface area contributed by atoms with Gasteiger partial charge < -0.3 is 5.32 Å². The van der Waals surface area contributed by atoms with E-state index in [4.69, 9.17) is 0 Å². The highest BCUT2D eigenvalue weighted by Gasteiger charge is 1.99. The van der Waals surface area contributed by atoms with Gasteiger partial charge in [0.25, 0.3) is 0 Å². The summed E-state index contributed by atoms with van der Waals surface area (Å²) in [6, 6.07) is 8.75. The molecule has 0 aliphatic carbocycles. The van der Waals surface area contributed by atoms with E-state index in [0.717, 1.165) is 19.6 Å². The van der Waals surface area contributed by atoms with Crippen LogP contribution in [0.1, 0.15) is 30.5 Å². The van der Waals surface area contributed by atoms with E-state index >= 15 is 0 Å². The lowest BCUT2D eigenvalue weighted by atomic mass is 10.1. The van der Waals surface area contributed by atoms with E-state index in [-0.39, 0.29) is 0 Å². The van der Waals surface area contributed by atoms with Gasteiger partial charge in [0.2, 0.25) is 0 Å². The molecule has 1 heterocycles. The van der Waals surface area contributed by atoms with Gasteiger partial charge in [0.15, 0.2) is 0 Å². The summed E-state index contributed by atoms with van der Waals surface area (Å²) in [5.74, 6) is 0.697. The average molecular weight is 257 g/mol. The second kappa shape index (κ2) is 6.53. The number of aromatic nitrogens is 2. The molecule has 0 spiro atoms. The van der Waals surface area contributed by atoms with Crippen LogP contribution < -0.4 is 5.32 Å². The largest absolute Gasteiger partial charge is 0.312 e. The van der Waals surface area contributed by atoms with Gasteiger partial charge >= 0.3 is 0 Å². The maximum atomic E-state index is 4.31. The van der Waals surface area contributed by atoms with Crippen LogP contribution in [-0.4, -0.2) is 16.3 Å². The summed E-state index contributed by atoms with van der Waals surface area (Å²) < 4.78 is 1.97. The molecule has 3 nitrogen and oxygen atoms in total. The second-order valence-electron chi connectivity index (χ2n) is 5.56. The molecule has 1 aromatic heterocycles. The van der Waals surface area contributed by atoms with Crippen molar-refractivity contribution < 1.29 is 0 Å². The van der Waals surface area contributed by atoms with Crippen molar-refractivity contribution in [3.63, 3.8) is 0 Å². The van der Waals surface area contributed by atoms with Crippen LogP contribution in [0.15, 0.2) is 36.7 Å². The minimum absolute atomic E-state index is 0.697. The van der Waals surface area contributed by atoms with E-state index < -0.39 is 0 Å². The monoisotopic (exact) mass is 257 g/mol. The molecule has 1 N–H and O–H groups in total. The van der Waals surface area contributed by atoms with Crippen molar-refractivity contribution >= 4 is 0 Å². The summed E-state index contributed by atoms with van der Waals surface area (Å²) in [4.78, 5) is 0. The predicted molar refractivity (Wildman–Crippen MR) is 79.1 cm³/mol. The summed E-state index contributed by atoms with van der Waals surface area (Å²) in [5, 5.41) is 7.76. The molecule has 0 unspecified atom stereocenters. The lowest BCUT2D eigenvalue weighted by molar-refractivity contribution is 0.552. The third-order valence-corrected chi connectivity index (χ3v) is 3.01. The zero-order valence-corrected chi connectivity index (χ0v) is 12.1. The first-order chi connectivity index (χ1) is 9.13. The van der Waals surface area contributed by atoms with E-state index in [1.807, 2.05) is 10.9 Å². The summed E-state index contributed by atoms with van der Waals surface area (Å²) >= 11 is 0.